The van der Waals surface area contributed by atoms with Gasteiger partial charge < -0.3 is 14.4 Å². The van der Waals surface area contributed by atoms with Gasteiger partial charge in [0.2, 0.25) is 12.7 Å². The van der Waals surface area contributed by atoms with Gasteiger partial charge in [-0.1, -0.05) is 5.11 Å². The predicted octanol–water partition coefficient (Wildman–Crippen LogP) is 2.48. The molecule has 1 aromatic rings. The van der Waals surface area contributed by atoms with Crippen LogP contribution in [0.2, 0.25) is 0 Å². The summed E-state index contributed by atoms with van der Waals surface area (Å²) >= 11 is 0. The van der Waals surface area contributed by atoms with Gasteiger partial charge >= 0.3 is 0 Å². The molecule has 1 aromatic carbocycles. The molecule has 0 bridgehead atoms. The maximum Gasteiger partial charge on any atom is 0.231 e. The second-order valence-electron chi connectivity index (χ2n) is 4.03. The van der Waals surface area contributed by atoms with Crippen molar-refractivity contribution in [2.45, 2.75) is 12.8 Å². The van der Waals surface area contributed by atoms with Crippen molar-refractivity contribution >= 4 is 17.3 Å². The minimum Gasteiger partial charge on any atom is -0.454 e. The van der Waals surface area contributed by atoms with Crippen LogP contribution in [0, 0.1) is 0 Å². The van der Waals surface area contributed by atoms with Crippen LogP contribution in [0.3, 0.4) is 0 Å². The van der Waals surface area contributed by atoms with E-state index in [1.807, 2.05) is 0 Å². The Labute approximate surface area is 103 Å². The van der Waals surface area contributed by atoms with Gasteiger partial charge in [0, 0.05) is 23.9 Å². The summed E-state index contributed by atoms with van der Waals surface area (Å²) in [6.07, 6.45) is 1.33. The molecule has 1 amide bonds. The highest BCUT2D eigenvalue weighted by atomic mass is 16.7. The number of ether oxygens (including phenoxy) is 2. The molecule has 0 radical (unpaired) electrons. The van der Waals surface area contributed by atoms with Crippen LogP contribution in [0.15, 0.2) is 17.2 Å². The summed E-state index contributed by atoms with van der Waals surface area (Å²) in [7, 11) is 0. The van der Waals surface area contributed by atoms with Gasteiger partial charge in [0.15, 0.2) is 11.5 Å². The average Bonchev–Trinajstić information content (AvgIpc) is 2.96. The molecule has 0 N–H and O–H groups in total. The van der Waals surface area contributed by atoms with Crippen LogP contribution in [-0.2, 0) is 4.79 Å². The fraction of sp³-hybridized carbons (Fsp3) is 0.364. The van der Waals surface area contributed by atoms with Crippen molar-refractivity contribution in [3.63, 3.8) is 0 Å². The quantitative estimate of drug-likeness (QED) is 0.456. The van der Waals surface area contributed by atoms with Gasteiger partial charge in [0.1, 0.15) is 0 Å². The zero-order chi connectivity index (χ0) is 12.5. The number of amides is 1. The summed E-state index contributed by atoms with van der Waals surface area (Å²) in [4.78, 5) is 16.1. The van der Waals surface area contributed by atoms with E-state index in [9.17, 15) is 4.79 Å². The zero-order valence-electron chi connectivity index (χ0n) is 9.50. The average molecular weight is 246 g/mol. The van der Waals surface area contributed by atoms with E-state index in [1.54, 1.807) is 17.0 Å². The Morgan fingerprint density at radius 2 is 2.11 bits per heavy atom. The van der Waals surface area contributed by atoms with Gasteiger partial charge in [-0.15, -0.1) is 0 Å². The zero-order valence-corrected chi connectivity index (χ0v) is 9.50. The van der Waals surface area contributed by atoms with Crippen LogP contribution >= 0.6 is 0 Å². The number of azide groups is 1. The lowest BCUT2D eigenvalue weighted by Gasteiger charge is -2.18. The fourth-order valence-electron chi connectivity index (χ4n) is 2.17. The fourth-order valence-corrected chi connectivity index (χ4v) is 2.17. The van der Waals surface area contributed by atoms with E-state index in [-0.39, 0.29) is 12.7 Å². The number of benzene rings is 1. The number of rotatable bonds is 2. The Kier molecular flexibility index (Phi) is 2.46. The highest BCUT2D eigenvalue weighted by Crippen LogP contribution is 2.43. The van der Waals surface area contributed by atoms with Crippen molar-refractivity contribution < 1.29 is 14.3 Å². The minimum atomic E-state index is 0.0308. The van der Waals surface area contributed by atoms with E-state index in [0.29, 0.717) is 35.8 Å². The van der Waals surface area contributed by atoms with E-state index in [4.69, 9.17) is 15.0 Å². The van der Waals surface area contributed by atoms with E-state index < -0.39 is 0 Å². The van der Waals surface area contributed by atoms with Gasteiger partial charge in [-0.3, -0.25) is 4.79 Å². The molecule has 2 heterocycles. The molecule has 1 saturated heterocycles. The highest BCUT2D eigenvalue weighted by Gasteiger charge is 2.26. The molecular weight excluding hydrogens is 236 g/mol. The van der Waals surface area contributed by atoms with Crippen molar-refractivity contribution in [1.29, 1.82) is 0 Å². The van der Waals surface area contributed by atoms with Gasteiger partial charge in [0.25, 0.3) is 0 Å². The number of fused-ring (bicyclic) bond motifs is 1. The van der Waals surface area contributed by atoms with Crippen LogP contribution in [0.1, 0.15) is 12.8 Å². The van der Waals surface area contributed by atoms with Crippen molar-refractivity contribution in [3.05, 3.63) is 22.6 Å². The first-order valence-corrected chi connectivity index (χ1v) is 5.59. The second-order valence-corrected chi connectivity index (χ2v) is 4.03. The number of carbonyl (C=O) groups is 1. The summed E-state index contributed by atoms with van der Waals surface area (Å²) < 4.78 is 10.5. The summed E-state index contributed by atoms with van der Waals surface area (Å²) in [6, 6.07) is 3.29. The van der Waals surface area contributed by atoms with Crippen LogP contribution in [0.5, 0.6) is 11.5 Å². The first-order chi connectivity index (χ1) is 8.79. The molecule has 2 aliphatic rings. The lowest BCUT2D eigenvalue weighted by atomic mass is 10.2. The largest absolute Gasteiger partial charge is 0.454 e. The van der Waals surface area contributed by atoms with Crippen LogP contribution in [0.25, 0.3) is 10.4 Å². The van der Waals surface area contributed by atoms with Crippen molar-refractivity contribution in [3.8, 4) is 11.5 Å². The summed E-state index contributed by atoms with van der Waals surface area (Å²) in [5, 5.41) is 3.61. The van der Waals surface area contributed by atoms with Gasteiger partial charge in [-0.2, -0.15) is 0 Å². The Morgan fingerprint density at radius 1 is 1.33 bits per heavy atom. The predicted molar refractivity (Wildman–Crippen MR) is 63.0 cm³/mol. The molecule has 92 valence electrons. The number of carbonyl (C=O) groups excluding carboxylic acids is 1. The monoisotopic (exact) mass is 246 g/mol. The second kappa shape index (κ2) is 4.12. The third-order valence-corrected chi connectivity index (χ3v) is 2.99. The van der Waals surface area contributed by atoms with Crippen molar-refractivity contribution in [2.75, 3.05) is 18.2 Å². The van der Waals surface area contributed by atoms with Gasteiger partial charge in [-0.05, 0) is 18.0 Å². The first-order valence-electron chi connectivity index (χ1n) is 5.59. The third-order valence-electron chi connectivity index (χ3n) is 2.99. The Hall–Kier alpha value is -2.40. The smallest absolute Gasteiger partial charge is 0.231 e. The molecule has 0 spiro atoms. The van der Waals surface area contributed by atoms with E-state index in [0.717, 1.165) is 6.42 Å². The van der Waals surface area contributed by atoms with E-state index >= 15 is 0 Å². The molecule has 1 fully saturated rings. The molecule has 0 unspecified atom stereocenters. The van der Waals surface area contributed by atoms with Crippen molar-refractivity contribution in [2.24, 2.45) is 5.11 Å². The Balaban J connectivity index is 2.11. The molecule has 0 aromatic heterocycles. The standard InChI is InChI=1S/C11H10N4O3/c12-14-13-7-4-9-10(18-6-17-9)5-8(7)15-3-1-2-11(15)16/h4-5H,1-3,6H2. The topological polar surface area (TPSA) is 87.5 Å². The van der Waals surface area contributed by atoms with Crippen molar-refractivity contribution in [1.82, 2.24) is 0 Å². The molecule has 0 saturated carbocycles. The van der Waals surface area contributed by atoms with E-state index in [1.165, 1.54) is 0 Å². The highest BCUT2D eigenvalue weighted by molar-refractivity contribution is 5.98. The number of anilines is 1. The van der Waals surface area contributed by atoms with Crippen LogP contribution in [0.4, 0.5) is 11.4 Å². The molecule has 0 aliphatic carbocycles. The van der Waals surface area contributed by atoms with Gasteiger partial charge in [-0.25, -0.2) is 0 Å². The molecule has 0 atom stereocenters. The molecule has 7 heteroatoms. The SMILES string of the molecule is [N-]=[N+]=Nc1cc2c(cc1N1CCCC1=O)OCO2. The summed E-state index contributed by atoms with van der Waals surface area (Å²) in [5.41, 5.74) is 9.55. The van der Waals surface area contributed by atoms with E-state index in [2.05, 4.69) is 10.0 Å². The summed E-state index contributed by atoms with van der Waals surface area (Å²) in [6.45, 7) is 0.773. The number of hydrogen-bond donors (Lipinski definition) is 0. The number of nitrogens with zero attached hydrogens (tertiary/aromatic N) is 4. The Bertz CT molecular complexity index is 566. The summed E-state index contributed by atoms with van der Waals surface area (Å²) in [5.74, 6) is 1.14. The maximum absolute atomic E-state index is 11.8. The number of hydrogen-bond acceptors (Lipinski definition) is 4. The Morgan fingerprint density at radius 3 is 2.78 bits per heavy atom. The van der Waals surface area contributed by atoms with Gasteiger partial charge in [0.05, 0.1) is 11.4 Å². The first kappa shape index (κ1) is 10.7. The normalized spacial score (nSPS) is 16.9. The lowest BCUT2D eigenvalue weighted by Crippen LogP contribution is -2.23. The lowest BCUT2D eigenvalue weighted by molar-refractivity contribution is -0.117. The molecule has 18 heavy (non-hydrogen) atoms. The third kappa shape index (κ3) is 1.61. The van der Waals surface area contributed by atoms with Crippen LogP contribution in [-0.4, -0.2) is 19.2 Å². The molecular formula is C11H10N4O3. The molecule has 7 nitrogen and oxygen atoms in total. The maximum atomic E-state index is 11.8. The van der Waals surface area contributed by atoms with Crippen LogP contribution < -0.4 is 14.4 Å². The molecule has 3 rings (SSSR count). The minimum absolute atomic E-state index is 0.0308. The molecule has 2 aliphatic heterocycles.